The van der Waals surface area contributed by atoms with Crippen molar-refractivity contribution < 1.29 is 0 Å². The number of fused-ring (bicyclic) bond motifs is 4. The average molecular weight is 716 g/mol. The van der Waals surface area contributed by atoms with Crippen molar-refractivity contribution in [2.75, 3.05) is 4.90 Å². The molecule has 0 atom stereocenters. The second-order valence-corrected chi connectivity index (χ2v) is 15.3. The second kappa shape index (κ2) is 13.7. The number of hydrogen-bond donors (Lipinski definition) is 0. The highest BCUT2D eigenvalue weighted by Crippen LogP contribution is 2.54. The molecule has 0 saturated carbocycles. The van der Waals surface area contributed by atoms with Crippen LogP contribution in [0.15, 0.2) is 212 Å². The molecule has 56 heavy (non-hydrogen) atoms. The number of hydrogen-bond acceptors (Lipinski definition) is 1. The minimum Gasteiger partial charge on any atom is -0.310 e. The van der Waals surface area contributed by atoms with Crippen molar-refractivity contribution >= 4 is 27.8 Å². The zero-order valence-corrected chi connectivity index (χ0v) is 31.7. The largest absolute Gasteiger partial charge is 0.310 e. The molecule has 0 fully saturated rings. The topological polar surface area (TPSA) is 3.24 Å². The Bertz CT molecular complexity index is 2860. The van der Waals surface area contributed by atoms with E-state index in [0.29, 0.717) is 0 Å². The first kappa shape index (κ1) is 33.6. The standard InChI is InChI=1S/C55H41N/c1-55(2)51-26-10-8-23-50(51)54-49(25-14-27-52(54)55)48-22-9-11-28-53(48)56(45-20-12-19-43(37-45)47-24-13-18-42-17-6-7-21-46(42)47)44-35-33-41(34-36-44)40-31-29-39(30-32-40)38-15-4-3-5-16-38/h3-37H,1-2H3. The molecule has 0 heterocycles. The summed E-state index contributed by atoms with van der Waals surface area (Å²) in [7, 11) is 0. The van der Waals surface area contributed by atoms with E-state index in [1.54, 1.807) is 0 Å². The highest BCUT2D eigenvalue weighted by atomic mass is 15.1. The SMILES string of the molecule is CC1(C)c2ccccc2-c2c(-c3ccccc3N(c3ccc(-c4ccc(-c5ccccc5)cc4)cc3)c3cccc(-c4cccc5ccccc45)c3)cccc21. The molecule has 1 heteroatoms. The molecule has 9 aromatic rings. The van der Waals surface area contributed by atoms with Gasteiger partial charge < -0.3 is 4.90 Å². The Labute approximate surface area is 329 Å². The monoisotopic (exact) mass is 715 g/mol. The minimum atomic E-state index is -0.0848. The first-order chi connectivity index (χ1) is 27.5. The summed E-state index contributed by atoms with van der Waals surface area (Å²) in [6.07, 6.45) is 0. The van der Waals surface area contributed by atoms with Gasteiger partial charge in [-0.1, -0.05) is 196 Å². The summed E-state index contributed by atoms with van der Waals surface area (Å²) in [6.45, 7) is 4.71. The van der Waals surface area contributed by atoms with E-state index in [1.165, 1.54) is 77.5 Å². The first-order valence-electron chi connectivity index (χ1n) is 19.5. The lowest BCUT2D eigenvalue weighted by Gasteiger charge is -2.29. The Morgan fingerprint density at radius 2 is 0.857 bits per heavy atom. The summed E-state index contributed by atoms with van der Waals surface area (Å²) in [4.78, 5) is 2.44. The lowest BCUT2D eigenvalue weighted by atomic mass is 9.82. The van der Waals surface area contributed by atoms with Crippen molar-refractivity contribution in [2.45, 2.75) is 19.3 Å². The molecule has 0 unspecified atom stereocenters. The Hall–Kier alpha value is -6.96. The van der Waals surface area contributed by atoms with Crippen LogP contribution in [-0.4, -0.2) is 0 Å². The number of rotatable bonds is 7. The molecule has 1 nitrogen and oxygen atoms in total. The molecule has 0 spiro atoms. The quantitative estimate of drug-likeness (QED) is 0.159. The van der Waals surface area contributed by atoms with Crippen LogP contribution in [0.1, 0.15) is 25.0 Å². The third kappa shape index (κ3) is 5.72. The fourth-order valence-electron chi connectivity index (χ4n) is 8.88. The normalized spacial score (nSPS) is 12.6. The molecular formula is C55H41N. The van der Waals surface area contributed by atoms with Crippen molar-refractivity contribution in [1.82, 2.24) is 0 Å². The first-order valence-corrected chi connectivity index (χ1v) is 19.5. The van der Waals surface area contributed by atoms with Gasteiger partial charge in [-0.05, 0) is 102 Å². The maximum Gasteiger partial charge on any atom is 0.0540 e. The van der Waals surface area contributed by atoms with E-state index in [-0.39, 0.29) is 5.41 Å². The Morgan fingerprint density at radius 1 is 0.339 bits per heavy atom. The summed E-state index contributed by atoms with van der Waals surface area (Å²) in [5.41, 5.74) is 18.4. The highest BCUT2D eigenvalue weighted by molar-refractivity contribution is 6.00. The van der Waals surface area contributed by atoms with Gasteiger partial charge in [0, 0.05) is 22.4 Å². The Balaban J connectivity index is 1.13. The number of para-hydroxylation sites is 1. The molecule has 10 rings (SSSR count). The van der Waals surface area contributed by atoms with Crippen molar-refractivity contribution in [3.63, 3.8) is 0 Å². The van der Waals surface area contributed by atoms with Crippen LogP contribution in [0.4, 0.5) is 17.1 Å². The van der Waals surface area contributed by atoms with Crippen LogP contribution in [0.25, 0.3) is 66.4 Å². The smallest absolute Gasteiger partial charge is 0.0540 e. The number of benzene rings is 9. The van der Waals surface area contributed by atoms with Gasteiger partial charge in [-0.3, -0.25) is 0 Å². The Morgan fingerprint density at radius 3 is 1.64 bits per heavy atom. The van der Waals surface area contributed by atoms with Gasteiger partial charge in [0.05, 0.1) is 5.69 Å². The van der Waals surface area contributed by atoms with Crippen molar-refractivity contribution in [2.24, 2.45) is 0 Å². The van der Waals surface area contributed by atoms with Crippen LogP contribution in [0.2, 0.25) is 0 Å². The summed E-state index contributed by atoms with van der Waals surface area (Å²) in [5.74, 6) is 0. The molecule has 0 amide bonds. The molecule has 0 N–H and O–H groups in total. The predicted molar refractivity (Wildman–Crippen MR) is 238 cm³/mol. The third-order valence-corrected chi connectivity index (χ3v) is 11.7. The van der Waals surface area contributed by atoms with Gasteiger partial charge in [-0.25, -0.2) is 0 Å². The van der Waals surface area contributed by atoms with Crippen molar-refractivity contribution in [3.8, 4) is 55.6 Å². The van der Waals surface area contributed by atoms with E-state index < -0.39 is 0 Å². The maximum atomic E-state index is 2.44. The zero-order valence-electron chi connectivity index (χ0n) is 31.7. The fourth-order valence-corrected chi connectivity index (χ4v) is 8.88. The van der Waals surface area contributed by atoms with Gasteiger partial charge in [0.2, 0.25) is 0 Å². The lowest BCUT2D eigenvalue weighted by Crippen LogP contribution is -2.14. The lowest BCUT2D eigenvalue weighted by molar-refractivity contribution is 0.660. The molecule has 0 aromatic heterocycles. The van der Waals surface area contributed by atoms with E-state index in [9.17, 15) is 0 Å². The minimum absolute atomic E-state index is 0.0848. The van der Waals surface area contributed by atoms with Gasteiger partial charge in [-0.2, -0.15) is 0 Å². The second-order valence-electron chi connectivity index (χ2n) is 15.3. The number of anilines is 3. The van der Waals surface area contributed by atoms with E-state index in [4.69, 9.17) is 0 Å². The molecule has 0 bridgehead atoms. The predicted octanol–water partition coefficient (Wildman–Crippen LogP) is 15.3. The molecule has 0 aliphatic heterocycles. The molecule has 0 saturated heterocycles. The average Bonchev–Trinajstić information content (AvgIpc) is 3.50. The van der Waals surface area contributed by atoms with Crippen LogP contribution >= 0.6 is 0 Å². The van der Waals surface area contributed by atoms with Gasteiger partial charge in [0.15, 0.2) is 0 Å². The fraction of sp³-hybridized carbons (Fsp3) is 0.0545. The third-order valence-electron chi connectivity index (χ3n) is 11.7. The van der Waals surface area contributed by atoms with E-state index >= 15 is 0 Å². The van der Waals surface area contributed by atoms with E-state index in [0.717, 1.165) is 17.1 Å². The molecule has 1 aliphatic rings. The number of nitrogens with zero attached hydrogens (tertiary/aromatic N) is 1. The van der Waals surface area contributed by atoms with Crippen molar-refractivity contribution in [1.29, 1.82) is 0 Å². The Kier molecular flexibility index (Phi) is 8.23. The highest BCUT2D eigenvalue weighted by Gasteiger charge is 2.37. The van der Waals surface area contributed by atoms with Crippen LogP contribution in [0.3, 0.4) is 0 Å². The molecule has 9 aromatic carbocycles. The van der Waals surface area contributed by atoms with E-state index in [1.807, 2.05) is 0 Å². The summed E-state index contributed by atoms with van der Waals surface area (Å²) in [5, 5.41) is 2.49. The summed E-state index contributed by atoms with van der Waals surface area (Å²) >= 11 is 0. The van der Waals surface area contributed by atoms with Gasteiger partial charge in [0.25, 0.3) is 0 Å². The van der Waals surface area contributed by atoms with Crippen LogP contribution < -0.4 is 4.90 Å². The molecular weight excluding hydrogens is 675 g/mol. The summed E-state index contributed by atoms with van der Waals surface area (Å²) in [6, 6.07) is 77.6. The van der Waals surface area contributed by atoms with Crippen LogP contribution in [0.5, 0.6) is 0 Å². The zero-order chi connectivity index (χ0) is 37.6. The molecule has 266 valence electrons. The molecule has 1 aliphatic carbocycles. The summed E-state index contributed by atoms with van der Waals surface area (Å²) < 4.78 is 0. The van der Waals surface area contributed by atoms with Crippen molar-refractivity contribution in [3.05, 3.63) is 223 Å². The van der Waals surface area contributed by atoms with Gasteiger partial charge >= 0.3 is 0 Å². The van der Waals surface area contributed by atoms with Crippen LogP contribution in [0, 0.1) is 0 Å². The van der Waals surface area contributed by atoms with Crippen LogP contribution in [-0.2, 0) is 5.41 Å². The molecule has 0 radical (unpaired) electrons. The van der Waals surface area contributed by atoms with E-state index in [2.05, 4.69) is 231 Å². The maximum absolute atomic E-state index is 2.44. The van der Waals surface area contributed by atoms with Gasteiger partial charge in [0.1, 0.15) is 0 Å². The van der Waals surface area contributed by atoms with Gasteiger partial charge in [-0.15, -0.1) is 0 Å².